The zero-order chi connectivity index (χ0) is 15.4. The summed E-state index contributed by atoms with van der Waals surface area (Å²) in [4.78, 5) is 12.7. The minimum Gasteiger partial charge on any atom is -0.496 e. The minimum absolute atomic E-state index is 0.228. The van der Waals surface area contributed by atoms with Crippen LogP contribution in [0, 0.1) is 0 Å². The average Bonchev–Trinajstić information content (AvgIpc) is 2.53. The predicted octanol–water partition coefficient (Wildman–Crippen LogP) is 3.60. The van der Waals surface area contributed by atoms with Gasteiger partial charge >= 0.3 is 0 Å². The molecule has 5 heteroatoms. The lowest BCUT2D eigenvalue weighted by Gasteiger charge is -2.12. The maximum atomic E-state index is 12.7. The fourth-order valence-electron chi connectivity index (χ4n) is 2.03. The molecule has 0 atom stereocenters. The molecule has 0 aliphatic heterocycles. The topological polar surface area (TPSA) is 44.8 Å². The number of methoxy groups -OCH3 is 3. The van der Waals surface area contributed by atoms with Crippen LogP contribution in [0.5, 0.6) is 17.2 Å². The van der Waals surface area contributed by atoms with Crippen LogP contribution in [0.3, 0.4) is 0 Å². The molecule has 21 heavy (non-hydrogen) atoms. The Kier molecular flexibility index (Phi) is 4.70. The lowest BCUT2D eigenvalue weighted by molar-refractivity contribution is 0.103. The Bertz CT molecular complexity index is 645. The first-order chi connectivity index (χ1) is 10.1. The van der Waals surface area contributed by atoms with Crippen molar-refractivity contribution >= 4 is 17.4 Å². The van der Waals surface area contributed by atoms with Crippen molar-refractivity contribution in [3.63, 3.8) is 0 Å². The van der Waals surface area contributed by atoms with Gasteiger partial charge in [-0.05, 0) is 30.3 Å². The highest BCUT2D eigenvalue weighted by Gasteiger charge is 2.20. The molecule has 0 unspecified atom stereocenters. The van der Waals surface area contributed by atoms with E-state index in [2.05, 4.69) is 0 Å². The van der Waals surface area contributed by atoms with Crippen molar-refractivity contribution in [3.8, 4) is 17.2 Å². The Morgan fingerprint density at radius 1 is 0.905 bits per heavy atom. The number of ketones is 1. The van der Waals surface area contributed by atoms with Crippen LogP contribution >= 0.6 is 11.6 Å². The molecule has 0 N–H and O–H groups in total. The monoisotopic (exact) mass is 306 g/mol. The summed E-state index contributed by atoms with van der Waals surface area (Å²) in [5.41, 5.74) is 0.798. The number of rotatable bonds is 5. The third-order valence-corrected chi connectivity index (χ3v) is 3.36. The van der Waals surface area contributed by atoms with Crippen molar-refractivity contribution in [2.75, 3.05) is 21.3 Å². The van der Waals surface area contributed by atoms with Gasteiger partial charge in [0, 0.05) is 5.56 Å². The quantitative estimate of drug-likeness (QED) is 0.792. The van der Waals surface area contributed by atoms with Gasteiger partial charge in [0.15, 0.2) is 0 Å². The summed E-state index contributed by atoms with van der Waals surface area (Å²) in [5.74, 6) is 1.19. The van der Waals surface area contributed by atoms with Crippen molar-refractivity contribution in [1.82, 2.24) is 0 Å². The summed E-state index contributed by atoms with van der Waals surface area (Å²) < 4.78 is 15.6. The van der Waals surface area contributed by atoms with E-state index in [-0.39, 0.29) is 5.78 Å². The molecular formula is C16H15ClO4. The van der Waals surface area contributed by atoms with Gasteiger partial charge in [0.2, 0.25) is 5.78 Å². The number of carbonyl (C=O) groups excluding carboxylic acids is 1. The normalized spacial score (nSPS) is 10.1. The van der Waals surface area contributed by atoms with Crippen LogP contribution in [-0.4, -0.2) is 27.1 Å². The third-order valence-electron chi connectivity index (χ3n) is 3.07. The molecule has 0 saturated heterocycles. The van der Waals surface area contributed by atoms with Crippen LogP contribution in [0.1, 0.15) is 15.9 Å². The molecule has 0 saturated carbocycles. The van der Waals surface area contributed by atoms with Crippen molar-refractivity contribution < 1.29 is 19.0 Å². The molecule has 0 amide bonds. The molecule has 2 rings (SSSR count). The first kappa shape index (κ1) is 15.2. The van der Waals surface area contributed by atoms with E-state index in [1.54, 1.807) is 36.4 Å². The average molecular weight is 307 g/mol. The molecule has 2 aromatic carbocycles. The van der Waals surface area contributed by atoms with Crippen molar-refractivity contribution in [1.29, 1.82) is 0 Å². The van der Waals surface area contributed by atoms with Crippen LogP contribution in [0.2, 0.25) is 5.02 Å². The molecular weight excluding hydrogens is 292 g/mol. The van der Waals surface area contributed by atoms with E-state index in [1.807, 2.05) is 0 Å². The Morgan fingerprint density at radius 3 is 1.95 bits per heavy atom. The fourth-order valence-corrected chi connectivity index (χ4v) is 2.28. The maximum absolute atomic E-state index is 12.7. The molecule has 0 aliphatic rings. The molecule has 0 spiro atoms. The van der Waals surface area contributed by atoms with Gasteiger partial charge in [0.1, 0.15) is 22.8 Å². The number of hydrogen-bond donors (Lipinski definition) is 0. The largest absolute Gasteiger partial charge is 0.496 e. The fraction of sp³-hybridized carbons (Fsp3) is 0.188. The SMILES string of the molecule is COc1ccc(C(=O)c2c(OC)cccc2OC)cc1Cl. The number of carbonyl (C=O) groups is 1. The summed E-state index contributed by atoms with van der Waals surface area (Å²) in [5, 5.41) is 0.372. The minimum atomic E-state index is -0.228. The van der Waals surface area contributed by atoms with E-state index in [1.165, 1.54) is 21.3 Å². The second-order valence-corrected chi connectivity index (χ2v) is 4.62. The smallest absolute Gasteiger partial charge is 0.200 e. The maximum Gasteiger partial charge on any atom is 0.200 e. The van der Waals surface area contributed by atoms with Crippen LogP contribution in [-0.2, 0) is 0 Å². The van der Waals surface area contributed by atoms with E-state index in [0.717, 1.165) is 0 Å². The van der Waals surface area contributed by atoms with Crippen LogP contribution in [0.4, 0.5) is 0 Å². The van der Waals surface area contributed by atoms with E-state index < -0.39 is 0 Å². The molecule has 0 radical (unpaired) electrons. The van der Waals surface area contributed by atoms with Gasteiger partial charge in [0.25, 0.3) is 0 Å². The molecule has 0 fully saturated rings. The summed E-state index contributed by atoms with van der Waals surface area (Å²) in [6.45, 7) is 0. The van der Waals surface area contributed by atoms with Gasteiger partial charge in [-0.15, -0.1) is 0 Å². The first-order valence-electron chi connectivity index (χ1n) is 6.21. The summed E-state index contributed by atoms with van der Waals surface area (Å²) in [7, 11) is 4.53. The standard InChI is InChI=1S/C16H15ClO4/c1-19-12-8-7-10(9-11(12)17)16(18)15-13(20-2)5-4-6-14(15)21-3/h4-9H,1-3H3. The summed E-state index contributed by atoms with van der Waals surface area (Å²) in [6, 6.07) is 10.0. The second-order valence-electron chi connectivity index (χ2n) is 4.22. The Hall–Kier alpha value is -2.20. The molecule has 0 aromatic heterocycles. The van der Waals surface area contributed by atoms with E-state index in [9.17, 15) is 4.79 Å². The predicted molar refractivity (Wildman–Crippen MR) is 81.0 cm³/mol. The van der Waals surface area contributed by atoms with Crippen molar-refractivity contribution in [3.05, 3.63) is 52.5 Å². The highest BCUT2D eigenvalue weighted by molar-refractivity contribution is 6.32. The van der Waals surface area contributed by atoms with Crippen molar-refractivity contribution in [2.45, 2.75) is 0 Å². The number of benzene rings is 2. The lowest BCUT2D eigenvalue weighted by Crippen LogP contribution is -2.06. The van der Waals surface area contributed by atoms with Gasteiger partial charge < -0.3 is 14.2 Å². The molecule has 4 nitrogen and oxygen atoms in total. The summed E-state index contributed by atoms with van der Waals surface area (Å²) >= 11 is 6.07. The Labute approximate surface area is 128 Å². The van der Waals surface area contributed by atoms with Gasteiger partial charge in [-0.2, -0.15) is 0 Å². The van der Waals surface area contributed by atoms with E-state index in [4.69, 9.17) is 25.8 Å². The van der Waals surface area contributed by atoms with Gasteiger partial charge in [-0.1, -0.05) is 17.7 Å². The Balaban J connectivity index is 2.52. The van der Waals surface area contributed by atoms with Crippen LogP contribution < -0.4 is 14.2 Å². The van der Waals surface area contributed by atoms with Gasteiger partial charge in [-0.25, -0.2) is 0 Å². The molecule has 110 valence electrons. The van der Waals surface area contributed by atoms with E-state index >= 15 is 0 Å². The highest BCUT2D eigenvalue weighted by Crippen LogP contribution is 2.32. The zero-order valence-corrected chi connectivity index (χ0v) is 12.7. The van der Waals surface area contributed by atoms with Gasteiger partial charge in [0.05, 0.1) is 26.4 Å². The first-order valence-corrected chi connectivity index (χ1v) is 6.59. The molecule has 0 aliphatic carbocycles. The number of halogens is 1. The van der Waals surface area contributed by atoms with Crippen LogP contribution in [0.15, 0.2) is 36.4 Å². The molecule has 2 aromatic rings. The molecule has 0 bridgehead atoms. The Morgan fingerprint density at radius 2 is 1.48 bits per heavy atom. The highest BCUT2D eigenvalue weighted by atomic mass is 35.5. The zero-order valence-electron chi connectivity index (χ0n) is 12.0. The second kappa shape index (κ2) is 6.50. The summed E-state index contributed by atoms with van der Waals surface area (Å²) in [6.07, 6.45) is 0. The van der Waals surface area contributed by atoms with Gasteiger partial charge in [-0.3, -0.25) is 4.79 Å². The number of ether oxygens (including phenoxy) is 3. The van der Waals surface area contributed by atoms with Crippen molar-refractivity contribution in [2.24, 2.45) is 0 Å². The molecule has 0 heterocycles. The van der Waals surface area contributed by atoms with Crippen LogP contribution in [0.25, 0.3) is 0 Å². The third kappa shape index (κ3) is 2.95. The van der Waals surface area contributed by atoms with E-state index in [0.29, 0.717) is 33.4 Å². The lowest BCUT2D eigenvalue weighted by atomic mass is 10.0. The number of hydrogen-bond acceptors (Lipinski definition) is 4.